The van der Waals surface area contributed by atoms with Gasteiger partial charge in [0.2, 0.25) is 0 Å². The molecule has 0 aromatic heterocycles. The van der Waals surface area contributed by atoms with Crippen molar-refractivity contribution < 1.29 is 35.1 Å². The number of ether oxygens (including phenoxy) is 1. The summed E-state index contributed by atoms with van der Waals surface area (Å²) >= 11 is 0. The summed E-state index contributed by atoms with van der Waals surface area (Å²) in [6.07, 6.45) is -4.96. The molecule has 2 rings (SSSR count). The van der Waals surface area contributed by atoms with Gasteiger partial charge in [-0.25, -0.2) is 17.2 Å². The SMILES string of the molecule is N#Cc1ccc(Oc2c(F)cc(C(F)(F)F)cc2F)cc1S(=O)(=O)Cl. The minimum Gasteiger partial charge on any atom is -0.451 e. The van der Waals surface area contributed by atoms with Gasteiger partial charge in [0.1, 0.15) is 16.7 Å². The van der Waals surface area contributed by atoms with Crippen LogP contribution >= 0.6 is 10.7 Å². The number of hydrogen-bond acceptors (Lipinski definition) is 4. The summed E-state index contributed by atoms with van der Waals surface area (Å²) < 4.78 is 92.5. The average molecular weight is 398 g/mol. The van der Waals surface area contributed by atoms with Crippen LogP contribution in [0.2, 0.25) is 0 Å². The van der Waals surface area contributed by atoms with Gasteiger partial charge in [-0.05, 0) is 24.3 Å². The summed E-state index contributed by atoms with van der Waals surface area (Å²) in [7, 11) is 0.770. The van der Waals surface area contributed by atoms with Crippen molar-refractivity contribution >= 4 is 19.7 Å². The molecule has 0 aliphatic carbocycles. The second-order valence-corrected chi connectivity index (χ2v) is 7.11. The van der Waals surface area contributed by atoms with Crippen molar-refractivity contribution in [2.45, 2.75) is 11.1 Å². The van der Waals surface area contributed by atoms with Crippen molar-refractivity contribution in [3.8, 4) is 17.6 Å². The molecule has 0 bridgehead atoms. The van der Waals surface area contributed by atoms with Gasteiger partial charge in [-0.3, -0.25) is 0 Å². The summed E-state index contributed by atoms with van der Waals surface area (Å²) in [5, 5.41) is 8.82. The molecule has 25 heavy (non-hydrogen) atoms. The highest BCUT2D eigenvalue weighted by Gasteiger charge is 2.33. The Morgan fingerprint density at radius 3 is 2.08 bits per heavy atom. The molecule has 0 saturated heterocycles. The molecule has 0 spiro atoms. The number of rotatable bonds is 3. The molecule has 0 aliphatic heterocycles. The van der Waals surface area contributed by atoms with Crippen LogP contribution in [-0.4, -0.2) is 8.42 Å². The Hall–Kier alpha value is -2.38. The van der Waals surface area contributed by atoms with Gasteiger partial charge in [-0.1, -0.05) is 0 Å². The molecule has 2 aromatic carbocycles. The van der Waals surface area contributed by atoms with E-state index >= 15 is 0 Å². The van der Waals surface area contributed by atoms with Gasteiger partial charge >= 0.3 is 6.18 Å². The van der Waals surface area contributed by atoms with Crippen LogP contribution in [0, 0.1) is 23.0 Å². The number of hydrogen-bond donors (Lipinski definition) is 0. The van der Waals surface area contributed by atoms with Crippen molar-refractivity contribution in [1.82, 2.24) is 0 Å². The number of nitrogens with zero attached hydrogens (tertiary/aromatic N) is 1. The molecule has 11 heteroatoms. The summed E-state index contributed by atoms with van der Waals surface area (Å²) in [5.41, 5.74) is -1.91. The fraction of sp³-hybridized carbons (Fsp3) is 0.0714. The summed E-state index contributed by atoms with van der Waals surface area (Å²) in [6, 6.07) is 4.29. The lowest BCUT2D eigenvalue weighted by Gasteiger charge is -2.12. The maximum atomic E-state index is 13.7. The van der Waals surface area contributed by atoms with E-state index < -0.39 is 48.8 Å². The van der Waals surface area contributed by atoms with Crippen molar-refractivity contribution in [3.05, 3.63) is 53.1 Å². The topological polar surface area (TPSA) is 67.2 Å². The highest BCUT2D eigenvalue weighted by atomic mass is 35.7. The van der Waals surface area contributed by atoms with Crippen molar-refractivity contribution in [3.63, 3.8) is 0 Å². The van der Waals surface area contributed by atoms with Crippen molar-refractivity contribution in [2.24, 2.45) is 0 Å². The van der Waals surface area contributed by atoms with Gasteiger partial charge < -0.3 is 4.74 Å². The molecule has 0 heterocycles. The molecular weight excluding hydrogens is 393 g/mol. The van der Waals surface area contributed by atoms with Crippen LogP contribution in [0.3, 0.4) is 0 Å². The van der Waals surface area contributed by atoms with E-state index in [1.165, 1.54) is 0 Å². The molecule has 0 amide bonds. The van der Waals surface area contributed by atoms with Gasteiger partial charge in [0, 0.05) is 16.7 Å². The second-order valence-electron chi connectivity index (χ2n) is 4.58. The van der Waals surface area contributed by atoms with Crippen LogP contribution in [0.1, 0.15) is 11.1 Å². The third kappa shape index (κ3) is 4.18. The third-order valence-electron chi connectivity index (χ3n) is 2.88. The molecule has 0 N–H and O–H groups in total. The average Bonchev–Trinajstić information content (AvgIpc) is 2.48. The van der Waals surface area contributed by atoms with E-state index in [4.69, 9.17) is 20.7 Å². The van der Waals surface area contributed by atoms with Gasteiger partial charge in [0.15, 0.2) is 17.4 Å². The van der Waals surface area contributed by atoms with Crippen LogP contribution < -0.4 is 4.74 Å². The molecular formula is C14H5ClF5NO3S. The lowest BCUT2D eigenvalue weighted by atomic mass is 10.2. The zero-order valence-corrected chi connectivity index (χ0v) is 13.3. The highest BCUT2D eigenvalue weighted by molar-refractivity contribution is 8.13. The lowest BCUT2D eigenvalue weighted by Crippen LogP contribution is -2.07. The Morgan fingerprint density at radius 2 is 1.64 bits per heavy atom. The Balaban J connectivity index is 2.50. The molecule has 0 atom stereocenters. The predicted molar refractivity (Wildman–Crippen MR) is 75.6 cm³/mol. The first-order valence-electron chi connectivity index (χ1n) is 6.16. The molecule has 0 saturated carbocycles. The maximum absolute atomic E-state index is 13.7. The summed E-state index contributed by atoms with van der Waals surface area (Å²) in [4.78, 5) is -0.679. The summed E-state index contributed by atoms with van der Waals surface area (Å²) in [6.45, 7) is 0. The summed E-state index contributed by atoms with van der Waals surface area (Å²) in [5.74, 6) is -4.91. The van der Waals surface area contributed by atoms with E-state index in [-0.39, 0.29) is 17.7 Å². The van der Waals surface area contributed by atoms with Crippen LogP contribution in [-0.2, 0) is 15.2 Å². The second kappa shape index (κ2) is 6.50. The Bertz CT molecular complexity index is 960. The fourth-order valence-corrected chi connectivity index (χ4v) is 2.82. The first-order valence-corrected chi connectivity index (χ1v) is 8.47. The van der Waals surface area contributed by atoms with Crippen molar-refractivity contribution in [1.29, 1.82) is 5.26 Å². The van der Waals surface area contributed by atoms with E-state index in [0.717, 1.165) is 18.2 Å². The van der Waals surface area contributed by atoms with Gasteiger partial charge in [-0.2, -0.15) is 18.4 Å². The molecule has 2 aromatic rings. The Morgan fingerprint density at radius 1 is 1.08 bits per heavy atom. The number of nitriles is 1. The molecule has 0 unspecified atom stereocenters. The van der Waals surface area contributed by atoms with Crippen LogP contribution in [0.15, 0.2) is 35.2 Å². The maximum Gasteiger partial charge on any atom is 0.416 e. The molecule has 0 radical (unpaired) electrons. The smallest absolute Gasteiger partial charge is 0.416 e. The fourth-order valence-electron chi connectivity index (χ4n) is 1.80. The van der Waals surface area contributed by atoms with E-state index in [9.17, 15) is 30.4 Å². The molecule has 0 fully saturated rings. The third-order valence-corrected chi connectivity index (χ3v) is 4.24. The quantitative estimate of drug-likeness (QED) is 0.562. The number of alkyl halides is 3. The Labute approximate surface area is 142 Å². The van der Waals surface area contributed by atoms with Gasteiger partial charge in [-0.15, -0.1) is 0 Å². The first kappa shape index (κ1) is 19.0. The first-order chi connectivity index (χ1) is 11.4. The van der Waals surface area contributed by atoms with Gasteiger partial charge in [0.25, 0.3) is 9.05 Å². The lowest BCUT2D eigenvalue weighted by molar-refractivity contribution is -0.138. The van der Waals surface area contributed by atoms with E-state index in [1.807, 2.05) is 0 Å². The van der Waals surface area contributed by atoms with E-state index in [2.05, 4.69) is 0 Å². The number of benzene rings is 2. The standard InChI is InChI=1S/C14H5ClF5NO3S/c15-25(22,23)12-5-9(2-1-7(12)6-21)24-13-10(16)3-8(4-11(13)17)14(18,19)20/h1-5H. The highest BCUT2D eigenvalue weighted by Crippen LogP contribution is 2.36. The minimum atomic E-state index is -4.96. The minimum absolute atomic E-state index is 0.0290. The van der Waals surface area contributed by atoms with Crippen LogP contribution in [0.25, 0.3) is 0 Å². The predicted octanol–water partition coefficient (Wildman–Crippen LogP) is 4.58. The largest absolute Gasteiger partial charge is 0.451 e. The molecule has 132 valence electrons. The Kier molecular flexibility index (Phi) is 4.92. The van der Waals surface area contributed by atoms with Crippen LogP contribution in [0.4, 0.5) is 22.0 Å². The van der Waals surface area contributed by atoms with Crippen LogP contribution in [0.5, 0.6) is 11.5 Å². The zero-order valence-electron chi connectivity index (χ0n) is 11.7. The monoisotopic (exact) mass is 397 g/mol. The molecule has 0 aliphatic rings. The van der Waals surface area contributed by atoms with Gasteiger partial charge in [0.05, 0.1) is 11.1 Å². The van der Waals surface area contributed by atoms with Crippen molar-refractivity contribution in [2.75, 3.05) is 0 Å². The normalized spacial score (nSPS) is 11.9. The molecule has 4 nitrogen and oxygen atoms in total. The van der Waals surface area contributed by atoms with E-state index in [0.29, 0.717) is 0 Å². The van der Waals surface area contributed by atoms with E-state index in [1.54, 1.807) is 6.07 Å². The number of halogens is 6. The zero-order chi connectivity index (χ0) is 19.0.